The van der Waals surface area contributed by atoms with Crippen LogP contribution >= 0.6 is 0 Å². The molecule has 1 atom stereocenters. The zero-order valence-corrected chi connectivity index (χ0v) is 10.0. The third-order valence-electron chi connectivity index (χ3n) is 2.72. The number of benzene rings is 1. The SMILES string of the molecule is C[C@@H](NCc1cnn(C)c1)c1cccc(F)c1. The van der Waals surface area contributed by atoms with E-state index in [4.69, 9.17) is 0 Å². The molecule has 0 saturated heterocycles. The summed E-state index contributed by atoms with van der Waals surface area (Å²) in [7, 11) is 1.89. The van der Waals surface area contributed by atoms with Crippen molar-refractivity contribution in [2.24, 2.45) is 7.05 Å². The summed E-state index contributed by atoms with van der Waals surface area (Å²) in [6.45, 7) is 2.75. The van der Waals surface area contributed by atoms with Crippen molar-refractivity contribution < 1.29 is 4.39 Å². The predicted octanol–water partition coefficient (Wildman–Crippen LogP) is 2.41. The van der Waals surface area contributed by atoms with Gasteiger partial charge in [0.25, 0.3) is 0 Å². The Morgan fingerprint density at radius 1 is 1.47 bits per heavy atom. The lowest BCUT2D eigenvalue weighted by Gasteiger charge is -2.13. The molecule has 3 nitrogen and oxygen atoms in total. The van der Waals surface area contributed by atoms with E-state index < -0.39 is 0 Å². The molecule has 0 radical (unpaired) electrons. The molecule has 0 unspecified atom stereocenters. The Hall–Kier alpha value is -1.68. The number of aryl methyl sites for hydroxylation is 1. The van der Waals surface area contributed by atoms with Gasteiger partial charge >= 0.3 is 0 Å². The zero-order chi connectivity index (χ0) is 12.3. The van der Waals surface area contributed by atoms with Gasteiger partial charge in [-0.1, -0.05) is 12.1 Å². The highest BCUT2D eigenvalue weighted by Gasteiger charge is 2.06. The number of rotatable bonds is 4. The number of hydrogen-bond acceptors (Lipinski definition) is 2. The van der Waals surface area contributed by atoms with Crippen LogP contribution in [0.4, 0.5) is 4.39 Å². The molecule has 2 rings (SSSR count). The minimum Gasteiger partial charge on any atom is -0.306 e. The third-order valence-corrected chi connectivity index (χ3v) is 2.72. The fraction of sp³-hybridized carbons (Fsp3) is 0.308. The molecule has 0 saturated carbocycles. The van der Waals surface area contributed by atoms with Crippen LogP contribution in [0.25, 0.3) is 0 Å². The van der Waals surface area contributed by atoms with Crippen molar-refractivity contribution in [2.45, 2.75) is 19.5 Å². The van der Waals surface area contributed by atoms with Crippen molar-refractivity contribution in [1.29, 1.82) is 0 Å². The average Bonchev–Trinajstić information content (AvgIpc) is 2.72. The molecule has 1 aromatic heterocycles. The molecule has 0 aliphatic heterocycles. The van der Waals surface area contributed by atoms with Gasteiger partial charge in [0.15, 0.2) is 0 Å². The average molecular weight is 233 g/mol. The smallest absolute Gasteiger partial charge is 0.123 e. The Balaban J connectivity index is 1.95. The maximum atomic E-state index is 13.1. The van der Waals surface area contributed by atoms with E-state index in [1.807, 2.05) is 32.4 Å². The lowest BCUT2D eigenvalue weighted by atomic mass is 10.1. The molecule has 1 aromatic carbocycles. The van der Waals surface area contributed by atoms with Crippen LogP contribution in [0.2, 0.25) is 0 Å². The van der Waals surface area contributed by atoms with Crippen LogP contribution in [-0.2, 0) is 13.6 Å². The van der Waals surface area contributed by atoms with Crippen LogP contribution in [0.15, 0.2) is 36.7 Å². The molecule has 1 N–H and O–H groups in total. The minimum absolute atomic E-state index is 0.117. The normalized spacial score (nSPS) is 12.6. The van der Waals surface area contributed by atoms with Gasteiger partial charge in [0.1, 0.15) is 5.82 Å². The Labute approximate surface area is 100 Å². The highest BCUT2D eigenvalue weighted by Crippen LogP contribution is 2.14. The molecule has 0 bridgehead atoms. The summed E-state index contributed by atoms with van der Waals surface area (Å²) in [5.41, 5.74) is 2.07. The van der Waals surface area contributed by atoms with Crippen molar-refractivity contribution in [3.8, 4) is 0 Å². The first-order valence-electron chi connectivity index (χ1n) is 5.61. The Morgan fingerprint density at radius 3 is 2.94 bits per heavy atom. The molecule has 1 heterocycles. The summed E-state index contributed by atoms with van der Waals surface area (Å²) in [5, 5.41) is 7.43. The van der Waals surface area contributed by atoms with Gasteiger partial charge in [-0.25, -0.2) is 4.39 Å². The molecule has 0 fully saturated rings. The first-order chi connectivity index (χ1) is 8.15. The fourth-order valence-electron chi connectivity index (χ4n) is 1.73. The largest absolute Gasteiger partial charge is 0.306 e. The Morgan fingerprint density at radius 2 is 2.29 bits per heavy atom. The quantitative estimate of drug-likeness (QED) is 0.878. The van der Waals surface area contributed by atoms with E-state index in [1.54, 1.807) is 16.8 Å². The highest BCUT2D eigenvalue weighted by atomic mass is 19.1. The van der Waals surface area contributed by atoms with Gasteiger partial charge in [0, 0.05) is 31.4 Å². The van der Waals surface area contributed by atoms with Gasteiger partial charge in [0.2, 0.25) is 0 Å². The van der Waals surface area contributed by atoms with Gasteiger partial charge < -0.3 is 5.32 Å². The number of nitrogens with zero attached hydrogens (tertiary/aromatic N) is 2. The molecule has 4 heteroatoms. The van der Waals surface area contributed by atoms with Gasteiger partial charge in [-0.2, -0.15) is 5.10 Å². The van der Waals surface area contributed by atoms with Crippen LogP contribution in [0.3, 0.4) is 0 Å². The lowest BCUT2D eigenvalue weighted by Crippen LogP contribution is -2.17. The second kappa shape index (κ2) is 5.10. The second-order valence-corrected chi connectivity index (χ2v) is 4.18. The summed E-state index contributed by atoms with van der Waals surface area (Å²) in [6.07, 6.45) is 3.79. The highest BCUT2D eigenvalue weighted by molar-refractivity contribution is 5.19. The monoisotopic (exact) mass is 233 g/mol. The van der Waals surface area contributed by atoms with Crippen LogP contribution in [0.5, 0.6) is 0 Å². The molecule has 0 aliphatic carbocycles. The molecule has 2 aromatic rings. The Bertz CT molecular complexity index is 493. The fourth-order valence-corrected chi connectivity index (χ4v) is 1.73. The Kier molecular flexibility index (Phi) is 3.54. The third kappa shape index (κ3) is 3.14. The van der Waals surface area contributed by atoms with E-state index in [0.717, 1.165) is 17.7 Å². The zero-order valence-electron chi connectivity index (χ0n) is 10.0. The number of hydrogen-bond donors (Lipinski definition) is 1. The van der Waals surface area contributed by atoms with Gasteiger partial charge in [-0.3, -0.25) is 4.68 Å². The predicted molar refractivity (Wildman–Crippen MR) is 64.9 cm³/mol. The van der Waals surface area contributed by atoms with Crippen LogP contribution < -0.4 is 5.32 Å². The van der Waals surface area contributed by atoms with Gasteiger partial charge in [-0.15, -0.1) is 0 Å². The number of nitrogens with one attached hydrogen (secondary N) is 1. The van der Waals surface area contributed by atoms with E-state index in [2.05, 4.69) is 10.4 Å². The molecule has 17 heavy (non-hydrogen) atoms. The molecule has 90 valence electrons. The van der Waals surface area contributed by atoms with Crippen LogP contribution in [0, 0.1) is 5.82 Å². The van der Waals surface area contributed by atoms with Crippen molar-refractivity contribution in [3.63, 3.8) is 0 Å². The summed E-state index contributed by atoms with van der Waals surface area (Å²) >= 11 is 0. The van der Waals surface area contributed by atoms with Crippen molar-refractivity contribution in [1.82, 2.24) is 15.1 Å². The first-order valence-corrected chi connectivity index (χ1v) is 5.61. The standard InChI is InChI=1S/C13H16FN3/c1-10(12-4-3-5-13(14)6-12)15-7-11-8-16-17(2)9-11/h3-6,8-10,15H,7H2,1-2H3/t10-/m1/s1. The maximum absolute atomic E-state index is 13.1. The van der Waals surface area contributed by atoms with Crippen molar-refractivity contribution in [3.05, 3.63) is 53.6 Å². The number of aromatic nitrogens is 2. The van der Waals surface area contributed by atoms with Crippen LogP contribution in [0.1, 0.15) is 24.1 Å². The van der Waals surface area contributed by atoms with Crippen LogP contribution in [-0.4, -0.2) is 9.78 Å². The van der Waals surface area contributed by atoms with Crippen molar-refractivity contribution in [2.75, 3.05) is 0 Å². The molecule has 0 spiro atoms. The second-order valence-electron chi connectivity index (χ2n) is 4.18. The molecule has 0 aliphatic rings. The first kappa shape index (κ1) is 11.8. The topological polar surface area (TPSA) is 29.9 Å². The minimum atomic E-state index is -0.197. The van der Waals surface area contributed by atoms with E-state index in [9.17, 15) is 4.39 Å². The molecular weight excluding hydrogens is 217 g/mol. The summed E-state index contributed by atoms with van der Waals surface area (Å²) in [6, 6.07) is 6.78. The van der Waals surface area contributed by atoms with Gasteiger partial charge in [0.05, 0.1) is 6.20 Å². The lowest BCUT2D eigenvalue weighted by molar-refractivity contribution is 0.565. The summed E-state index contributed by atoms with van der Waals surface area (Å²) in [4.78, 5) is 0. The van der Waals surface area contributed by atoms with E-state index in [-0.39, 0.29) is 11.9 Å². The van der Waals surface area contributed by atoms with E-state index in [0.29, 0.717) is 0 Å². The van der Waals surface area contributed by atoms with E-state index >= 15 is 0 Å². The van der Waals surface area contributed by atoms with Crippen molar-refractivity contribution >= 4 is 0 Å². The molecular formula is C13H16FN3. The summed E-state index contributed by atoms with van der Waals surface area (Å²) < 4.78 is 14.8. The number of halogens is 1. The maximum Gasteiger partial charge on any atom is 0.123 e. The van der Waals surface area contributed by atoms with E-state index in [1.165, 1.54) is 6.07 Å². The van der Waals surface area contributed by atoms with Gasteiger partial charge in [-0.05, 0) is 24.6 Å². The molecule has 0 amide bonds. The summed E-state index contributed by atoms with van der Waals surface area (Å²) in [5.74, 6) is -0.197.